The van der Waals surface area contributed by atoms with Crippen LogP contribution < -0.4 is 5.32 Å². The quantitative estimate of drug-likeness (QED) is 0.914. The van der Waals surface area contributed by atoms with Gasteiger partial charge in [0.05, 0.1) is 6.04 Å². The molecule has 0 radical (unpaired) electrons. The van der Waals surface area contributed by atoms with Gasteiger partial charge in [0.1, 0.15) is 0 Å². The predicted molar refractivity (Wildman–Crippen MR) is 73.0 cm³/mol. The van der Waals surface area contributed by atoms with Crippen LogP contribution in [-0.4, -0.2) is 16.7 Å². The SMILES string of the molecule is CCNC(C)c1nc(C2Cc3ccccc3C2)no1. The van der Waals surface area contributed by atoms with Crippen LogP contribution in [0.3, 0.4) is 0 Å². The highest BCUT2D eigenvalue weighted by molar-refractivity contribution is 5.34. The van der Waals surface area contributed by atoms with Gasteiger partial charge in [0, 0.05) is 5.92 Å². The summed E-state index contributed by atoms with van der Waals surface area (Å²) in [6.07, 6.45) is 2.04. The van der Waals surface area contributed by atoms with Crippen molar-refractivity contribution >= 4 is 0 Å². The topological polar surface area (TPSA) is 51.0 Å². The monoisotopic (exact) mass is 257 g/mol. The first-order valence-corrected chi connectivity index (χ1v) is 6.91. The van der Waals surface area contributed by atoms with E-state index in [1.165, 1.54) is 11.1 Å². The van der Waals surface area contributed by atoms with Gasteiger partial charge in [-0.2, -0.15) is 4.98 Å². The van der Waals surface area contributed by atoms with E-state index in [4.69, 9.17) is 4.52 Å². The number of benzene rings is 1. The van der Waals surface area contributed by atoms with Gasteiger partial charge < -0.3 is 9.84 Å². The smallest absolute Gasteiger partial charge is 0.243 e. The van der Waals surface area contributed by atoms with Crippen molar-refractivity contribution in [3.05, 3.63) is 47.1 Å². The summed E-state index contributed by atoms with van der Waals surface area (Å²) in [5, 5.41) is 7.45. The van der Waals surface area contributed by atoms with Gasteiger partial charge in [-0.05, 0) is 37.4 Å². The van der Waals surface area contributed by atoms with Gasteiger partial charge in [0.2, 0.25) is 5.89 Å². The average Bonchev–Trinajstić information content (AvgIpc) is 3.05. The Morgan fingerprint density at radius 1 is 1.32 bits per heavy atom. The molecule has 0 saturated heterocycles. The summed E-state index contributed by atoms with van der Waals surface area (Å²) in [7, 11) is 0. The lowest BCUT2D eigenvalue weighted by Crippen LogP contribution is -2.18. The summed E-state index contributed by atoms with van der Waals surface area (Å²) < 4.78 is 5.37. The largest absolute Gasteiger partial charge is 0.338 e. The van der Waals surface area contributed by atoms with Gasteiger partial charge in [0.25, 0.3) is 0 Å². The number of aromatic nitrogens is 2. The van der Waals surface area contributed by atoms with E-state index in [0.29, 0.717) is 11.8 Å². The van der Waals surface area contributed by atoms with E-state index >= 15 is 0 Å². The summed E-state index contributed by atoms with van der Waals surface area (Å²) in [5.41, 5.74) is 2.83. The first kappa shape index (κ1) is 12.4. The molecule has 1 atom stereocenters. The minimum Gasteiger partial charge on any atom is -0.338 e. The predicted octanol–water partition coefficient (Wildman–Crippen LogP) is 2.62. The maximum atomic E-state index is 5.37. The number of nitrogens with zero attached hydrogens (tertiary/aromatic N) is 2. The molecule has 0 aliphatic heterocycles. The van der Waals surface area contributed by atoms with Crippen molar-refractivity contribution in [3.8, 4) is 0 Å². The van der Waals surface area contributed by atoms with E-state index in [9.17, 15) is 0 Å². The number of hydrogen-bond acceptors (Lipinski definition) is 4. The lowest BCUT2D eigenvalue weighted by atomic mass is 10.1. The Morgan fingerprint density at radius 2 is 2.00 bits per heavy atom. The number of rotatable bonds is 4. The summed E-state index contributed by atoms with van der Waals surface area (Å²) in [6.45, 7) is 5.01. The van der Waals surface area contributed by atoms with Crippen molar-refractivity contribution in [1.29, 1.82) is 0 Å². The normalized spacial score (nSPS) is 16.5. The molecule has 0 saturated carbocycles. The third-order valence-electron chi connectivity index (χ3n) is 3.75. The van der Waals surface area contributed by atoms with Crippen LogP contribution in [0.25, 0.3) is 0 Å². The molecule has 0 bridgehead atoms. The molecule has 1 heterocycles. The molecular weight excluding hydrogens is 238 g/mol. The average molecular weight is 257 g/mol. The first-order chi connectivity index (χ1) is 9.28. The van der Waals surface area contributed by atoms with Gasteiger partial charge in [-0.3, -0.25) is 0 Å². The van der Waals surface area contributed by atoms with Crippen LogP contribution in [0.1, 0.15) is 48.6 Å². The second-order valence-electron chi connectivity index (χ2n) is 5.14. The van der Waals surface area contributed by atoms with Crippen molar-refractivity contribution in [2.75, 3.05) is 6.54 Å². The van der Waals surface area contributed by atoms with Gasteiger partial charge in [-0.1, -0.05) is 36.3 Å². The molecule has 1 aliphatic carbocycles. The molecule has 4 heteroatoms. The number of nitrogens with one attached hydrogen (secondary N) is 1. The van der Waals surface area contributed by atoms with E-state index in [-0.39, 0.29) is 6.04 Å². The molecule has 1 aromatic heterocycles. The fraction of sp³-hybridized carbons (Fsp3) is 0.467. The molecule has 1 N–H and O–H groups in total. The highest BCUT2D eigenvalue weighted by atomic mass is 16.5. The molecule has 4 nitrogen and oxygen atoms in total. The highest BCUT2D eigenvalue weighted by Gasteiger charge is 2.27. The van der Waals surface area contributed by atoms with E-state index in [0.717, 1.165) is 25.2 Å². The van der Waals surface area contributed by atoms with Crippen molar-refractivity contribution in [2.24, 2.45) is 0 Å². The zero-order valence-corrected chi connectivity index (χ0v) is 11.4. The summed E-state index contributed by atoms with van der Waals surface area (Å²) in [6, 6.07) is 8.69. The zero-order valence-electron chi connectivity index (χ0n) is 11.4. The lowest BCUT2D eigenvalue weighted by molar-refractivity contribution is 0.337. The Kier molecular flexibility index (Phi) is 3.34. The molecule has 100 valence electrons. The summed E-state index contributed by atoms with van der Waals surface area (Å²) in [5.74, 6) is 1.90. The zero-order chi connectivity index (χ0) is 13.2. The van der Waals surface area contributed by atoms with Crippen molar-refractivity contribution < 1.29 is 4.52 Å². The minimum atomic E-state index is 0.120. The van der Waals surface area contributed by atoms with Crippen LogP contribution in [-0.2, 0) is 12.8 Å². The minimum absolute atomic E-state index is 0.120. The molecule has 3 rings (SSSR count). The second kappa shape index (κ2) is 5.13. The Hall–Kier alpha value is -1.68. The fourth-order valence-electron chi connectivity index (χ4n) is 2.72. The Bertz CT molecular complexity index is 539. The molecule has 1 aliphatic rings. The first-order valence-electron chi connectivity index (χ1n) is 6.91. The highest BCUT2D eigenvalue weighted by Crippen LogP contribution is 2.32. The number of hydrogen-bond donors (Lipinski definition) is 1. The maximum Gasteiger partial charge on any atom is 0.243 e. The van der Waals surface area contributed by atoms with Gasteiger partial charge in [-0.15, -0.1) is 0 Å². The van der Waals surface area contributed by atoms with Crippen LogP contribution in [0.4, 0.5) is 0 Å². The maximum absolute atomic E-state index is 5.37. The molecule has 1 unspecified atom stereocenters. The number of fused-ring (bicyclic) bond motifs is 1. The molecule has 0 amide bonds. The van der Waals surface area contributed by atoms with Crippen LogP contribution in [0.2, 0.25) is 0 Å². The van der Waals surface area contributed by atoms with Crippen LogP contribution in [0.15, 0.2) is 28.8 Å². The molecule has 0 spiro atoms. The van der Waals surface area contributed by atoms with Gasteiger partial charge in [-0.25, -0.2) is 0 Å². The van der Waals surface area contributed by atoms with Crippen molar-refractivity contribution in [1.82, 2.24) is 15.5 Å². The summed E-state index contributed by atoms with van der Waals surface area (Å²) in [4.78, 5) is 4.55. The molecule has 2 aromatic rings. The van der Waals surface area contributed by atoms with Crippen LogP contribution in [0, 0.1) is 0 Å². The Balaban J connectivity index is 1.75. The fourth-order valence-corrected chi connectivity index (χ4v) is 2.72. The molecule has 0 fully saturated rings. The lowest BCUT2D eigenvalue weighted by Gasteiger charge is -2.05. The van der Waals surface area contributed by atoms with Gasteiger partial charge in [0.15, 0.2) is 5.82 Å². The third-order valence-corrected chi connectivity index (χ3v) is 3.75. The Morgan fingerprint density at radius 3 is 2.63 bits per heavy atom. The van der Waals surface area contributed by atoms with Gasteiger partial charge >= 0.3 is 0 Å². The van der Waals surface area contributed by atoms with E-state index in [2.05, 4.69) is 46.6 Å². The Labute approximate surface area is 113 Å². The standard InChI is InChI=1S/C15H19N3O/c1-3-16-10(2)15-17-14(18-19-15)13-8-11-6-4-5-7-12(11)9-13/h4-7,10,13,16H,3,8-9H2,1-2H3. The van der Waals surface area contributed by atoms with E-state index < -0.39 is 0 Å². The summed E-state index contributed by atoms with van der Waals surface area (Å²) >= 11 is 0. The van der Waals surface area contributed by atoms with Crippen LogP contribution in [0.5, 0.6) is 0 Å². The van der Waals surface area contributed by atoms with Crippen molar-refractivity contribution in [2.45, 2.75) is 38.6 Å². The van der Waals surface area contributed by atoms with Crippen molar-refractivity contribution in [3.63, 3.8) is 0 Å². The second-order valence-corrected chi connectivity index (χ2v) is 5.14. The van der Waals surface area contributed by atoms with E-state index in [1.807, 2.05) is 6.92 Å². The van der Waals surface area contributed by atoms with Crippen LogP contribution >= 0.6 is 0 Å². The third kappa shape index (κ3) is 2.40. The molecule has 19 heavy (non-hydrogen) atoms. The molecular formula is C15H19N3O. The molecule has 1 aromatic carbocycles. The van der Waals surface area contributed by atoms with E-state index in [1.54, 1.807) is 0 Å².